The zero-order valence-corrected chi connectivity index (χ0v) is 16.8. The molecule has 2 aliphatic rings. The summed E-state index contributed by atoms with van der Waals surface area (Å²) in [5.41, 5.74) is 4.34. The third kappa shape index (κ3) is 3.46. The summed E-state index contributed by atoms with van der Waals surface area (Å²) in [6.45, 7) is 0. The predicted molar refractivity (Wildman–Crippen MR) is 113 cm³/mol. The smallest absolute Gasteiger partial charge is 0.185 e. The van der Waals surface area contributed by atoms with Crippen LogP contribution < -0.4 is 5.32 Å². The Morgan fingerprint density at radius 3 is 3.00 bits per heavy atom. The Bertz CT molecular complexity index is 1120. The molecule has 0 radical (unpaired) electrons. The van der Waals surface area contributed by atoms with Gasteiger partial charge in [0.2, 0.25) is 0 Å². The molecular formula is C22H20F2N4OS. The lowest BCUT2D eigenvalue weighted by Crippen LogP contribution is -2.35. The number of aliphatic hydroxyl groups excluding tert-OH is 1. The lowest BCUT2D eigenvalue weighted by molar-refractivity contribution is 0.0978. The number of fused-ring (bicyclic) bond motifs is 3. The van der Waals surface area contributed by atoms with Gasteiger partial charge in [-0.05, 0) is 54.7 Å². The van der Waals surface area contributed by atoms with E-state index in [1.54, 1.807) is 12.5 Å². The summed E-state index contributed by atoms with van der Waals surface area (Å²) in [7, 11) is 0. The second-order valence-electron chi connectivity index (χ2n) is 7.46. The average molecular weight is 426 g/mol. The van der Waals surface area contributed by atoms with Crippen molar-refractivity contribution in [3.8, 4) is 16.1 Å². The number of anilines is 1. The number of nitrogens with one attached hydrogen (secondary N) is 1. The molecule has 0 saturated carbocycles. The molecule has 0 bridgehead atoms. The van der Waals surface area contributed by atoms with Gasteiger partial charge < -0.3 is 15.0 Å². The fourth-order valence-electron chi connectivity index (χ4n) is 4.00. The number of halogens is 2. The van der Waals surface area contributed by atoms with Crippen molar-refractivity contribution >= 4 is 16.5 Å². The van der Waals surface area contributed by atoms with Gasteiger partial charge in [0.1, 0.15) is 18.2 Å². The molecule has 2 aromatic heterocycles. The molecule has 2 aliphatic carbocycles. The fraction of sp³-hybridized carbons (Fsp3) is 0.273. The first kappa shape index (κ1) is 19.1. The second-order valence-corrected chi connectivity index (χ2v) is 8.45. The van der Waals surface area contributed by atoms with E-state index in [9.17, 15) is 13.9 Å². The highest BCUT2D eigenvalue weighted by atomic mass is 32.1. The molecule has 0 saturated heterocycles. The molecule has 0 aliphatic heterocycles. The number of aryl methyl sites for hydroxylation is 2. The Balaban J connectivity index is 1.43. The molecule has 2 N–H and O–H groups in total. The van der Waals surface area contributed by atoms with E-state index in [0.717, 1.165) is 41.1 Å². The van der Waals surface area contributed by atoms with Crippen LogP contribution in [0.3, 0.4) is 0 Å². The molecule has 30 heavy (non-hydrogen) atoms. The topological polar surface area (TPSA) is 63.0 Å². The first-order chi connectivity index (χ1) is 14.6. The van der Waals surface area contributed by atoms with Crippen molar-refractivity contribution < 1.29 is 13.9 Å². The monoisotopic (exact) mass is 426 g/mol. The third-order valence-electron chi connectivity index (χ3n) is 5.52. The lowest BCUT2D eigenvalue weighted by Gasteiger charge is -2.25. The normalized spacial score (nSPS) is 21.4. The molecule has 5 nitrogen and oxygen atoms in total. The van der Waals surface area contributed by atoms with Crippen LogP contribution in [0.4, 0.5) is 13.9 Å². The largest absolute Gasteiger partial charge is 0.373 e. The van der Waals surface area contributed by atoms with Crippen LogP contribution in [0.5, 0.6) is 0 Å². The van der Waals surface area contributed by atoms with E-state index in [1.165, 1.54) is 35.1 Å². The van der Waals surface area contributed by atoms with Gasteiger partial charge in [0.15, 0.2) is 5.13 Å². The number of imidazole rings is 1. The van der Waals surface area contributed by atoms with E-state index in [4.69, 9.17) is 0 Å². The van der Waals surface area contributed by atoms with Crippen molar-refractivity contribution in [3.63, 3.8) is 0 Å². The maximum absolute atomic E-state index is 14.1. The number of hydrogen-bond acceptors (Lipinski definition) is 5. The molecule has 3 atom stereocenters. The van der Waals surface area contributed by atoms with Crippen LogP contribution in [0.2, 0.25) is 0 Å². The highest BCUT2D eigenvalue weighted by Gasteiger charge is 2.33. The summed E-state index contributed by atoms with van der Waals surface area (Å²) in [4.78, 5) is 9.76. The van der Waals surface area contributed by atoms with Gasteiger partial charge in [0.05, 0.1) is 22.8 Å². The van der Waals surface area contributed by atoms with Gasteiger partial charge in [0, 0.05) is 18.1 Å². The van der Waals surface area contributed by atoms with Gasteiger partial charge >= 0.3 is 0 Å². The van der Waals surface area contributed by atoms with Gasteiger partial charge in [0.25, 0.3) is 0 Å². The quantitative estimate of drug-likeness (QED) is 0.599. The van der Waals surface area contributed by atoms with Crippen LogP contribution in [0.25, 0.3) is 16.1 Å². The SMILES string of the molecule is OC(Nc1nc2c(s1)-c1ccc(-n3ccnc3)cc1CCC2)C1C(F)=CC=CC1F. The Morgan fingerprint density at radius 2 is 2.20 bits per heavy atom. The van der Waals surface area contributed by atoms with Crippen molar-refractivity contribution in [2.45, 2.75) is 31.7 Å². The molecular weight excluding hydrogens is 406 g/mol. The van der Waals surface area contributed by atoms with Crippen molar-refractivity contribution in [1.82, 2.24) is 14.5 Å². The van der Waals surface area contributed by atoms with E-state index in [-0.39, 0.29) is 0 Å². The van der Waals surface area contributed by atoms with Crippen molar-refractivity contribution in [2.24, 2.45) is 5.92 Å². The fourth-order valence-corrected chi connectivity index (χ4v) is 5.10. The number of aliphatic hydroxyl groups is 1. The number of rotatable bonds is 4. The standard InChI is InChI=1S/C22H20F2N4OS/c23-16-4-2-5-17(24)19(16)21(29)27-22-26-18-6-1-3-13-11-14(28-10-9-25-12-28)7-8-15(13)20(18)30-22/h2,4-5,7-12,16,19,21,29H,1,3,6H2,(H,26,27). The van der Waals surface area contributed by atoms with Crippen LogP contribution in [0.1, 0.15) is 17.7 Å². The third-order valence-corrected chi connectivity index (χ3v) is 6.58. The molecule has 2 heterocycles. The van der Waals surface area contributed by atoms with E-state index in [2.05, 4.69) is 27.4 Å². The first-order valence-electron chi connectivity index (χ1n) is 9.84. The molecule has 0 amide bonds. The summed E-state index contributed by atoms with van der Waals surface area (Å²) < 4.78 is 30.1. The van der Waals surface area contributed by atoms with E-state index in [0.29, 0.717) is 5.13 Å². The van der Waals surface area contributed by atoms with E-state index in [1.807, 2.05) is 16.8 Å². The van der Waals surface area contributed by atoms with Crippen LogP contribution in [0.15, 0.2) is 61.0 Å². The van der Waals surface area contributed by atoms with Gasteiger partial charge in [-0.3, -0.25) is 0 Å². The number of hydrogen-bond donors (Lipinski definition) is 2. The van der Waals surface area contributed by atoms with E-state index < -0.39 is 24.1 Å². The van der Waals surface area contributed by atoms with Gasteiger partial charge in [-0.15, -0.1) is 0 Å². The Kier molecular flexibility index (Phi) is 4.96. The molecule has 8 heteroatoms. The van der Waals surface area contributed by atoms with Crippen molar-refractivity contribution in [3.05, 3.63) is 72.2 Å². The van der Waals surface area contributed by atoms with E-state index >= 15 is 0 Å². The zero-order chi connectivity index (χ0) is 20.7. The molecule has 0 fully saturated rings. The molecule has 1 aromatic carbocycles. The Hall–Kier alpha value is -2.84. The summed E-state index contributed by atoms with van der Waals surface area (Å²) in [6.07, 6.45) is 8.89. The maximum atomic E-state index is 14.1. The number of allylic oxidation sites excluding steroid dienone is 3. The zero-order valence-electron chi connectivity index (χ0n) is 16.0. The van der Waals surface area contributed by atoms with Crippen molar-refractivity contribution in [1.29, 1.82) is 0 Å². The number of alkyl halides is 1. The van der Waals surface area contributed by atoms with Crippen LogP contribution in [-0.2, 0) is 12.8 Å². The highest BCUT2D eigenvalue weighted by molar-refractivity contribution is 7.19. The highest BCUT2D eigenvalue weighted by Crippen LogP contribution is 2.40. The van der Waals surface area contributed by atoms with Gasteiger partial charge in [-0.25, -0.2) is 18.7 Å². The van der Waals surface area contributed by atoms with Gasteiger partial charge in [-0.1, -0.05) is 23.5 Å². The number of nitrogens with zero attached hydrogens (tertiary/aromatic N) is 3. The summed E-state index contributed by atoms with van der Waals surface area (Å²) in [5.74, 6) is -1.95. The molecule has 3 unspecified atom stereocenters. The summed E-state index contributed by atoms with van der Waals surface area (Å²) in [6, 6.07) is 6.29. The Morgan fingerprint density at radius 1 is 1.30 bits per heavy atom. The Labute approximate surface area is 176 Å². The predicted octanol–water partition coefficient (Wildman–Crippen LogP) is 4.59. The minimum atomic E-state index is -1.59. The van der Waals surface area contributed by atoms with Crippen LogP contribution >= 0.6 is 11.3 Å². The molecule has 154 valence electrons. The number of thiazole rings is 1. The van der Waals surface area contributed by atoms with Crippen LogP contribution in [0, 0.1) is 5.92 Å². The lowest BCUT2D eigenvalue weighted by atomic mass is 9.96. The molecule has 3 aromatic rings. The maximum Gasteiger partial charge on any atom is 0.185 e. The van der Waals surface area contributed by atoms with Crippen LogP contribution in [-0.4, -0.2) is 32.0 Å². The van der Waals surface area contributed by atoms with Crippen molar-refractivity contribution in [2.75, 3.05) is 5.32 Å². The minimum Gasteiger partial charge on any atom is -0.373 e. The molecule has 5 rings (SSSR count). The van der Waals surface area contributed by atoms with Gasteiger partial charge in [-0.2, -0.15) is 0 Å². The number of aromatic nitrogens is 3. The summed E-state index contributed by atoms with van der Waals surface area (Å²) in [5, 5.41) is 13.7. The molecule has 0 spiro atoms. The first-order valence-corrected chi connectivity index (χ1v) is 10.7. The number of benzene rings is 1. The average Bonchev–Trinajstić information content (AvgIpc) is 3.35. The second kappa shape index (κ2) is 7.77. The summed E-state index contributed by atoms with van der Waals surface area (Å²) >= 11 is 1.41. The minimum absolute atomic E-state index is 0.466.